The minimum Gasteiger partial charge on any atom is -0.495 e. The summed E-state index contributed by atoms with van der Waals surface area (Å²) in [7, 11) is 1.58. The number of methoxy groups -OCH3 is 1. The predicted molar refractivity (Wildman–Crippen MR) is 71.4 cm³/mol. The van der Waals surface area contributed by atoms with Crippen LogP contribution in [0.25, 0.3) is 0 Å². The number of ether oxygens (including phenoxy) is 1. The molecule has 0 radical (unpaired) electrons. The number of hydrogen-bond acceptors (Lipinski definition) is 2. The molecule has 2 rings (SSSR count). The Morgan fingerprint density at radius 3 is 2.58 bits per heavy atom. The Balaban J connectivity index is 2.16. The van der Waals surface area contributed by atoms with Crippen LogP contribution < -0.4 is 10.1 Å². The zero-order valence-electron chi connectivity index (χ0n) is 10.8. The van der Waals surface area contributed by atoms with Crippen molar-refractivity contribution in [1.82, 2.24) is 0 Å². The van der Waals surface area contributed by atoms with Crippen LogP contribution in [0.2, 0.25) is 0 Å². The first-order chi connectivity index (χ1) is 9.10. The van der Waals surface area contributed by atoms with E-state index in [0.29, 0.717) is 11.3 Å². The largest absolute Gasteiger partial charge is 0.495 e. The van der Waals surface area contributed by atoms with Gasteiger partial charge >= 0.3 is 0 Å². The van der Waals surface area contributed by atoms with Crippen molar-refractivity contribution in [1.29, 1.82) is 0 Å². The zero-order valence-corrected chi connectivity index (χ0v) is 10.8. The third-order valence-electron chi connectivity index (χ3n) is 2.84. The zero-order chi connectivity index (χ0) is 13.8. The third-order valence-corrected chi connectivity index (χ3v) is 2.84. The molecule has 0 saturated carbocycles. The lowest BCUT2D eigenvalue weighted by molar-refractivity contribution is 0.416. The van der Waals surface area contributed by atoms with Gasteiger partial charge in [-0.05, 0) is 30.7 Å². The average molecular weight is 263 g/mol. The van der Waals surface area contributed by atoms with E-state index in [-0.39, 0.29) is 6.54 Å². The lowest BCUT2D eigenvalue weighted by Gasteiger charge is -2.12. The van der Waals surface area contributed by atoms with E-state index in [1.807, 2.05) is 25.1 Å². The molecule has 0 aliphatic carbocycles. The third kappa shape index (κ3) is 3.22. The maximum absolute atomic E-state index is 13.5. The van der Waals surface area contributed by atoms with Crippen LogP contribution in [-0.2, 0) is 6.54 Å². The molecule has 2 aromatic rings. The normalized spacial score (nSPS) is 10.3. The first-order valence-electron chi connectivity index (χ1n) is 5.92. The van der Waals surface area contributed by atoms with E-state index in [2.05, 4.69) is 5.32 Å². The molecule has 0 fully saturated rings. The number of benzene rings is 2. The van der Waals surface area contributed by atoms with Gasteiger partial charge in [-0.25, -0.2) is 8.78 Å². The number of aryl methyl sites for hydroxylation is 1. The Bertz CT molecular complexity index is 584. The van der Waals surface area contributed by atoms with Crippen LogP contribution in [0.1, 0.15) is 11.1 Å². The van der Waals surface area contributed by atoms with Gasteiger partial charge in [0.05, 0.1) is 12.8 Å². The van der Waals surface area contributed by atoms with Crippen LogP contribution in [0.5, 0.6) is 5.75 Å². The molecule has 0 saturated heterocycles. The molecule has 0 aliphatic heterocycles. The smallest absolute Gasteiger partial charge is 0.141 e. The Hall–Kier alpha value is -2.10. The van der Waals surface area contributed by atoms with Gasteiger partial charge in [0.2, 0.25) is 0 Å². The molecule has 0 bridgehead atoms. The van der Waals surface area contributed by atoms with Crippen LogP contribution in [0.4, 0.5) is 14.5 Å². The summed E-state index contributed by atoms with van der Waals surface area (Å²) >= 11 is 0. The van der Waals surface area contributed by atoms with Crippen LogP contribution in [0, 0.1) is 18.6 Å². The number of anilines is 1. The van der Waals surface area contributed by atoms with Gasteiger partial charge < -0.3 is 10.1 Å². The molecule has 0 amide bonds. The van der Waals surface area contributed by atoms with Crippen LogP contribution >= 0.6 is 0 Å². The van der Waals surface area contributed by atoms with Crippen molar-refractivity contribution < 1.29 is 13.5 Å². The van der Waals surface area contributed by atoms with Gasteiger partial charge in [0, 0.05) is 18.2 Å². The summed E-state index contributed by atoms with van der Waals surface area (Å²) in [4.78, 5) is 0. The molecular formula is C15H15F2NO. The lowest BCUT2D eigenvalue weighted by Crippen LogP contribution is -2.04. The van der Waals surface area contributed by atoms with E-state index >= 15 is 0 Å². The van der Waals surface area contributed by atoms with Crippen molar-refractivity contribution in [2.75, 3.05) is 12.4 Å². The van der Waals surface area contributed by atoms with Crippen molar-refractivity contribution in [3.63, 3.8) is 0 Å². The molecule has 0 aromatic heterocycles. The minimum absolute atomic E-state index is 0.270. The molecule has 0 spiro atoms. The Kier molecular flexibility index (Phi) is 4.00. The number of halogens is 2. The summed E-state index contributed by atoms with van der Waals surface area (Å²) in [6.07, 6.45) is 0. The maximum Gasteiger partial charge on any atom is 0.141 e. The van der Waals surface area contributed by atoms with Crippen LogP contribution in [0.3, 0.4) is 0 Å². The van der Waals surface area contributed by atoms with Gasteiger partial charge in [-0.2, -0.15) is 0 Å². The number of hydrogen-bond donors (Lipinski definition) is 1. The fourth-order valence-electron chi connectivity index (χ4n) is 1.82. The van der Waals surface area contributed by atoms with Gasteiger partial charge in [0.15, 0.2) is 0 Å². The molecule has 4 heteroatoms. The van der Waals surface area contributed by atoms with Crippen molar-refractivity contribution in [3.8, 4) is 5.75 Å². The second kappa shape index (κ2) is 5.69. The fraction of sp³-hybridized carbons (Fsp3) is 0.200. The quantitative estimate of drug-likeness (QED) is 0.903. The van der Waals surface area contributed by atoms with Crippen molar-refractivity contribution in [3.05, 3.63) is 59.2 Å². The first-order valence-corrected chi connectivity index (χ1v) is 5.92. The standard InChI is InChI=1S/C15H15F2NO/c1-10-3-6-15(19-2)14(7-10)18-9-11-4-5-12(16)8-13(11)17/h3-8,18H,9H2,1-2H3. The lowest BCUT2D eigenvalue weighted by atomic mass is 10.1. The summed E-state index contributed by atoms with van der Waals surface area (Å²) in [5.74, 6) is -0.443. The van der Waals surface area contributed by atoms with Gasteiger partial charge in [0.25, 0.3) is 0 Å². The molecule has 19 heavy (non-hydrogen) atoms. The average Bonchev–Trinajstić information content (AvgIpc) is 2.38. The number of rotatable bonds is 4. The van der Waals surface area contributed by atoms with Crippen molar-refractivity contribution >= 4 is 5.69 Å². The molecule has 2 aromatic carbocycles. The maximum atomic E-state index is 13.5. The second-order valence-corrected chi connectivity index (χ2v) is 4.29. The SMILES string of the molecule is COc1ccc(C)cc1NCc1ccc(F)cc1F. The highest BCUT2D eigenvalue weighted by Crippen LogP contribution is 2.26. The van der Waals surface area contributed by atoms with E-state index in [1.54, 1.807) is 7.11 Å². The molecule has 1 N–H and O–H groups in total. The van der Waals surface area contributed by atoms with E-state index < -0.39 is 11.6 Å². The molecule has 0 atom stereocenters. The first kappa shape index (κ1) is 13.3. The van der Waals surface area contributed by atoms with Crippen LogP contribution in [-0.4, -0.2) is 7.11 Å². The Morgan fingerprint density at radius 1 is 1.11 bits per heavy atom. The number of nitrogens with one attached hydrogen (secondary N) is 1. The van der Waals surface area contributed by atoms with Crippen molar-refractivity contribution in [2.24, 2.45) is 0 Å². The monoisotopic (exact) mass is 263 g/mol. The van der Waals surface area contributed by atoms with Gasteiger partial charge in [-0.15, -0.1) is 0 Å². The summed E-state index contributed by atoms with van der Waals surface area (Å²) in [5, 5.41) is 3.09. The van der Waals surface area contributed by atoms with E-state index in [1.165, 1.54) is 12.1 Å². The topological polar surface area (TPSA) is 21.3 Å². The van der Waals surface area contributed by atoms with Crippen molar-refractivity contribution in [2.45, 2.75) is 13.5 Å². The van der Waals surface area contributed by atoms with Gasteiger partial charge in [-0.1, -0.05) is 12.1 Å². The summed E-state index contributed by atoms with van der Waals surface area (Å²) < 4.78 is 31.5. The highest BCUT2D eigenvalue weighted by molar-refractivity contribution is 5.58. The minimum atomic E-state index is -0.575. The van der Waals surface area contributed by atoms with Crippen LogP contribution in [0.15, 0.2) is 36.4 Å². The molecule has 0 unspecified atom stereocenters. The van der Waals surface area contributed by atoms with E-state index in [9.17, 15) is 8.78 Å². The summed E-state index contributed by atoms with van der Waals surface area (Å²) in [6.45, 7) is 2.23. The fourth-order valence-corrected chi connectivity index (χ4v) is 1.82. The molecule has 100 valence electrons. The highest BCUT2D eigenvalue weighted by Gasteiger charge is 2.06. The van der Waals surface area contributed by atoms with E-state index in [0.717, 1.165) is 17.3 Å². The second-order valence-electron chi connectivity index (χ2n) is 4.29. The highest BCUT2D eigenvalue weighted by atomic mass is 19.1. The summed E-state index contributed by atoms with van der Waals surface area (Å²) in [6, 6.07) is 9.25. The molecule has 0 aliphatic rings. The molecular weight excluding hydrogens is 248 g/mol. The Morgan fingerprint density at radius 2 is 1.89 bits per heavy atom. The molecule has 2 nitrogen and oxygen atoms in total. The van der Waals surface area contributed by atoms with E-state index in [4.69, 9.17) is 4.74 Å². The predicted octanol–water partition coefficient (Wildman–Crippen LogP) is 3.89. The van der Waals surface area contributed by atoms with Gasteiger partial charge in [0.1, 0.15) is 17.4 Å². The Labute approximate surface area is 111 Å². The van der Waals surface area contributed by atoms with Gasteiger partial charge in [-0.3, -0.25) is 0 Å². The summed E-state index contributed by atoms with van der Waals surface area (Å²) in [5.41, 5.74) is 2.26. The molecule has 0 heterocycles.